The molecule has 52 valence electrons. The predicted molar refractivity (Wildman–Crippen MR) is 38.1 cm³/mol. The normalized spacial score (nSPS) is 9.30. The fourth-order valence-corrected chi connectivity index (χ4v) is 0.855. The maximum absolute atomic E-state index is 8.51. The maximum Gasteiger partial charge on any atom is 0.120 e. The zero-order valence-corrected chi connectivity index (χ0v) is 5.81. The van der Waals surface area contributed by atoms with Gasteiger partial charge in [-0.15, -0.1) is 0 Å². The number of H-pyrrole nitrogens is 1. The molecular formula is C7H9N3. The monoisotopic (exact) mass is 135 g/mol. The predicted octanol–water partition coefficient (Wildman–Crippen LogP) is 0.653. The molecule has 0 bridgehead atoms. The van der Waals surface area contributed by atoms with Crippen LogP contribution in [0.5, 0.6) is 0 Å². The Kier molecular flexibility index (Phi) is 1.74. The number of rotatable bonds is 1. The van der Waals surface area contributed by atoms with E-state index in [1.165, 1.54) is 0 Å². The van der Waals surface area contributed by atoms with Gasteiger partial charge in [0.15, 0.2) is 0 Å². The third-order valence-electron chi connectivity index (χ3n) is 1.40. The molecule has 1 aromatic heterocycles. The second kappa shape index (κ2) is 2.54. The maximum atomic E-state index is 8.51. The molecule has 0 aliphatic heterocycles. The van der Waals surface area contributed by atoms with Gasteiger partial charge >= 0.3 is 0 Å². The molecule has 0 fully saturated rings. The first-order chi connectivity index (χ1) is 4.77. The Morgan fingerprint density at radius 1 is 1.80 bits per heavy atom. The van der Waals surface area contributed by atoms with Crippen molar-refractivity contribution >= 4 is 0 Å². The fourth-order valence-electron chi connectivity index (χ4n) is 0.855. The standard InChI is InChI=1S/C7H9N3/c1-5-2-6(3-8)10-7(5)4-9/h2,10H,3,8H2,1H3. The smallest absolute Gasteiger partial charge is 0.120 e. The van der Waals surface area contributed by atoms with Crippen molar-refractivity contribution in [1.82, 2.24) is 4.98 Å². The summed E-state index contributed by atoms with van der Waals surface area (Å²) in [6.45, 7) is 2.34. The summed E-state index contributed by atoms with van der Waals surface area (Å²) in [5.74, 6) is 0. The average molecular weight is 135 g/mol. The van der Waals surface area contributed by atoms with E-state index in [0.29, 0.717) is 12.2 Å². The Morgan fingerprint density at radius 3 is 2.80 bits per heavy atom. The largest absolute Gasteiger partial charge is 0.349 e. The van der Waals surface area contributed by atoms with Gasteiger partial charge in [-0.25, -0.2) is 0 Å². The van der Waals surface area contributed by atoms with Crippen LogP contribution in [0.2, 0.25) is 0 Å². The van der Waals surface area contributed by atoms with Crippen LogP contribution in [0.3, 0.4) is 0 Å². The van der Waals surface area contributed by atoms with Crippen LogP contribution in [0.15, 0.2) is 6.07 Å². The third kappa shape index (κ3) is 1.02. The van der Waals surface area contributed by atoms with E-state index in [2.05, 4.69) is 4.98 Å². The van der Waals surface area contributed by atoms with E-state index in [9.17, 15) is 0 Å². The fraction of sp³-hybridized carbons (Fsp3) is 0.286. The Morgan fingerprint density at radius 2 is 2.50 bits per heavy atom. The molecular weight excluding hydrogens is 126 g/mol. The Labute approximate surface area is 59.5 Å². The lowest BCUT2D eigenvalue weighted by atomic mass is 10.3. The highest BCUT2D eigenvalue weighted by Crippen LogP contribution is 2.06. The van der Waals surface area contributed by atoms with Crippen LogP contribution in [-0.2, 0) is 6.54 Å². The summed E-state index contributed by atoms with van der Waals surface area (Å²) >= 11 is 0. The molecule has 0 aliphatic rings. The van der Waals surface area contributed by atoms with Crippen molar-refractivity contribution in [2.24, 2.45) is 5.73 Å². The van der Waals surface area contributed by atoms with Gasteiger partial charge in [0.2, 0.25) is 0 Å². The number of nitrogens with zero attached hydrogens (tertiary/aromatic N) is 1. The van der Waals surface area contributed by atoms with E-state index in [-0.39, 0.29) is 0 Å². The Hall–Kier alpha value is -1.27. The minimum atomic E-state index is 0.461. The van der Waals surface area contributed by atoms with E-state index in [0.717, 1.165) is 11.3 Å². The molecule has 0 amide bonds. The first-order valence-corrected chi connectivity index (χ1v) is 3.06. The molecule has 0 spiro atoms. The highest BCUT2D eigenvalue weighted by molar-refractivity contribution is 5.33. The second-order valence-electron chi connectivity index (χ2n) is 2.17. The molecule has 0 saturated carbocycles. The van der Waals surface area contributed by atoms with Crippen molar-refractivity contribution in [2.75, 3.05) is 0 Å². The SMILES string of the molecule is Cc1cc(CN)[nH]c1C#N. The lowest BCUT2D eigenvalue weighted by Gasteiger charge is -1.83. The summed E-state index contributed by atoms with van der Waals surface area (Å²) in [7, 11) is 0. The number of aryl methyl sites for hydroxylation is 1. The van der Waals surface area contributed by atoms with Crippen LogP contribution in [0.1, 0.15) is 17.0 Å². The molecule has 0 aliphatic carbocycles. The molecule has 1 rings (SSSR count). The zero-order chi connectivity index (χ0) is 7.56. The summed E-state index contributed by atoms with van der Waals surface area (Å²) in [6.07, 6.45) is 0. The van der Waals surface area contributed by atoms with Crippen molar-refractivity contribution in [3.63, 3.8) is 0 Å². The molecule has 0 saturated heterocycles. The minimum Gasteiger partial charge on any atom is -0.349 e. The van der Waals surface area contributed by atoms with E-state index in [1.54, 1.807) is 0 Å². The van der Waals surface area contributed by atoms with E-state index < -0.39 is 0 Å². The van der Waals surface area contributed by atoms with Crippen LogP contribution in [0.4, 0.5) is 0 Å². The molecule has 0 radical (unpaired) electrons. The zero-order valence-electron chi connectivity index (χ0n) is 5.81. The number of aromatic amines is 1. The average Bonchev–Trinajstić information content (AvgIpc) is 2.30. The molecule has 1 aromatic rings. The van der Waals surface area contributed by atoms with Crippen molar-refractivity contribution in [1.29, 1.82) is 5.26 Å². The molecule has 0 aromatic carbocycles. The first kappa shape index (κ1) is 6.84. The van der Waals surface area contributed by atoms with Gasteiger partial charge in [0.1, 0.15) is 11.8 Å². The second-order valence-corrected chi connectivity index (χ2v) is 2.17. The van der Waals surface area contributed by atoms with Gasteiger partial charge < -0.3 is 10.7 Å². The van der Waals surface area contributed by atoms with Crippen LogP contribution < -0.4 is 5.73 Å². The number of aromatic nitrogens is 1. The minimum absolute atomic E-state index is 0.461. The van der Waals surface area contributed by atoms with Crippen molar-refractivity contribution < 1.29 is 0 Å². The van der Waals surface area contributed by atoms with Gasteiger partial charge in [-0.05, 0) is 18.6 Å². The lowest BCUT2D eigenvalue weighted by molar-refractivity contribution is 1.01. The van der Waals surface area contributed by atoms with Gasteiger partial charge in [0.25, 0.3) is 0 Å². The van der Waals surface area contributed by atoms with Crippen molar-refractivity contribution in [3.05, 3.63) is 23.0 Å². The van der Waals surface area contributed by atoms with E-state index in [4.69, 9.17) is 11.0 Å². The van der Waals surface area contributed by atoms with Gasteiger partial charge in [-0.3, -0.25) is 0 Å². The van der Waals surface area contributed by atoms with Gasteiger partial charge in [-0.2, -0.15) is 5.26 Å². The number of nitrogens with one attached hydrogen (secondary N) is 1. The number of nitrogens with two attached hydrogens (primary N) is 1. The van der Waals surface area contributed by atoms with Gasteiger partial charge in [-0.1, -0.05) is 0 Å². The molecule has 3 nitrogen and oxygen atoms in total. The van der Waals surface area contributed by atoms with Crippen molar-refractivity contribution in [2.45, 2.75) is 13.5 Å². The highest BCUT2D eigenvalue weighted by Gasteiger charge is 1.99. The van der Waals surface area contributed by atoms with Gasteiger partial charge in [0, 0.05) is 12.2 Å². The molecule has 10 heavy (non-hydrogen) atoms. The summed E-state index contributed by atoms with van der Waals surface area (Å²) in [5, 5.41) is 8.51. The summed E-state index contributed by atoms with van der Waals surface area (Å²) in [4.78, 5) is 2.89. The molecule has 3 heteroatoms. The number of hydrogen-bond donors (Lipinski definition) is 2. The topological polar surface area (TPSA) is 65.6 Å². The van der Waals surface area contributed by atoms with Gasteiger partial charge in [0.05, 0.1) is 0 Å². The summed E-state index contributed by atoms with van der Waals surface area (Å²) < 4.78 is 0. The summed E-state index contributed by atoms with van der Waals surface area (Å²) in [5.41, 5.74) is 7.83. The van der Waals surface area contributed by atoms with Crippen LogP contribution >= 0.6 is 0 Å². The van der Waals surface area contributed by atoms with E-state index in [1.807, 2.05) is 19.1 Å². The lowest BCUT2D eigenvalue weighted by Crippen LogP contribution is -1.95. The number of nitriles is 1. The Bertz CT molecular complexity index is 267. The van der Waals surface area contributed by atoms with Crippen LogP contribution in [0, 0.1) is 18.3 Å². The quantitative estimate of drug-likeness (QED) is 0.593. The third-order valence-corrected chi connectivity index (χ3v) is 1.40. The summed E-state index contributed by atoms with van der Waals surface area (Å²) in [6, 6.07) is 3.93. The molecule has 1 heterocycles. The molecule has 0 atom stereocenters. The number of hydrogen-bond acceptors (Lipinski definition) is 2. The highest BCUT2D eigenvalue weighted by atomic mass is 14.8. The first-order valence-electron chi connectivity index (χ1n) is 3.06. The van der Waals surface area contributed by atoms with Crippen LogP contribution in [-0.4, -0.2) is 4.98 Å². The molecule has 3 N–H and O–H groups in total. The van der Waals surface area contributed by atoms with E-state index >= 15 is 0 Å². The van der Waals surface area contributed by atoms with Crippen molar-refractivity contribution in [3.8, 4) is 6.07 Å². The van der Waals surface area contributed by atoms with Crippen LogP contribution in [0.25, 0.3) is 0 Å². The molecule has 0 unspecified atom stereocenters. The Balaban J connectivity index is 3.07.